The molecule has 0 unspecified atom stereocenters. The number of carbonyl (C=O) groups is 1. The number of hydrogen-bond acceptors (Lipinski definition) is 4. The molecule has 0 amide bonds. The van der Waals surface area contributed by atoms with E-state index in [9.17, 15) is 4.79 Å². The van der Waals surface area contributed by atoms with Crippen molar-refractivity contribution < 1.29 is 9.53 Å². The number of hydrogen-bond donors (Lipinski definition) is 1. The Kier molecular flexibility index (Phi) is 5.00. The van der Waals surface area contributed by atoms with Gasteiger partial charge in [0.2, 0.25) is 0 Å². The molecule has 0 bridgehead atoms. The number of ketones is 1. The first-order chi connectivity index (χ1) is 7.24. The number of aromatic nitrogens is 2. The van der Waals surface area contributed by atoms with Gasteiger partial charge in [-0.1, -0.05) is 0 Å². The normalized spacial score (nSPS) is 10.5. The molecular weight excluding hydrogens is 194 g/mol. The zero-order valence-corrected chi connectivity index (χ0v) is 8.98. The third-order valence-corrected chi connectivity index (χ3v) is 2.07. The van der Waals surface area contributed by atoms with Gasteiger partial charge < -0.3 is 15.0 Å². The number of aryl methyl sites for hydroxylation is 2. The Labute approximate surface area is 89.2 Å². The predicted molar refractivity (Wildman–Crippen MR) is 56.4 cm³/mol. The fourth-order valence-corrected chi connectivity index (χ4v) is 1.23. The zero-order valence-electron chi connectivity index (χ0n) is 8.98. The standard InChI is InChI=1S/C10H17N3O2/c1-13-6-5-12-10(13)3-2-9(14)8-15-7-4-11/h5-6H,2-4,7-8,11H2,1H3. The summed E-state index contributed by atoms with van der Waals surface area (Å²) in [6.45, 7) is 1.04. The topological polar surface area (TPSA) is 70.1 Å². The number of rotatable bonds is 7. The lowest BCUT2D eigenvalue weighted by Crippen LogP contribution is -2.15. The Morgan fingerprint density at radius 2 is 2.47 bits per heavy atom. The highest BCUT2D eigenvalue weighted by Gasteiger charge is 2.05. The molecular formula is C10H17N3O2. The summed E-state index contributed by atoms with van der Waals surface area (Å²) in [5, 5.41) is 0. The van der Waals surface area contributed by atoms with Crippen LogP contribution in [0.5, 0.6) is 0 Å². The van der Waals surface area contributed by atoms with Gasteiger partial charge in [-0.15, -0.1) is 0 Å². The second-order valence-electron chi connectivity index (χ2n) is 3.33. The van der Waals surface area contributed by atoms with Crippen LogP contribution in [0, 0.1) is 0 Å². The fourth-order valence-electron chi connectivity index (χ4n) is 1.23. The van der Waals surface area contributed by atoms with E-state index in [1.54, 1.807) is 6.20 Å². The Hall–Kier alpha value is -1.20. The van der Waals surface area contributed by atoms with Crippen LogP contribution in [0.1, 0.15) is 12.2 Å². The second-order valence-corrected chi connectivity index (χ2v) is 3.33. The molecule has 0 aliphatic rings. The van der Waals surface area contributed by atoms with Gasteiger partial charge in [0.15, 0.2) is 5.78 Å². The van der Waals surface area contributed by atoms with E-state index in [1.807, 2.05) is 17.8 Å². The van der Waals surface area contributed by atoms with Gasteiger partial charge in [-0.2, -0.15) is 0 Å². The van der Waals surface area contributed by atoms with Crippen molar-refractivity contribution in [1.29, 1.82) is 0 Å². The highest BCUT2D eigenvalue weighted by Crippen LogP contribution is 1.99. The summed E-state index contributed by atoms with van der Waals surface area (Å²) in [5.41, 5.74) is 5.24. The Balaban J connectivity index is 2.20. The van der Waals surface area contributed by atoms with Crippen LogP contribution in [0.25, 0.3) is 0 Å². The van der Waals surface area contributed by atoms with E-state index >= 15 is 0 Å². The second kappa shape index (κ2) is 6.31. The van der Waals surface area contributed by atoms with Crippen LogP contribution in [-0.2, 0) is 23.0 Å². The number of imidazole rings is 1. The van der Waals surface area contributed by atoms with Crippen LogP contribution in [0.3, 0.4) is 0 Å². The van der Waals surface area contributed by atoms with Crippen LogP contribution in [0.2, 0.25) is 0 Å². The third kappa shape index (κ3) is 4.22. The lowest BCUT2D eigenvalue weighted by atomic mass is 10.2. The first-order valence-electron chi connectivity index (χ1n) is 4.99. The molecule has 5 heteroatoms. The Morgan fingerprint density at radius 3 is 3.07 bits per heavy atom. The highest BCUT2D eigenvalue weighted by atomic mass is 16.5. The third-order valence-electron chi connectivity index (χ3n) is 2.07. The van der Waals surface area contributed by atoms with E-state index in [2.05, 4.69) is 4.98 Å². The molecule has 1 aromatic rings. The average Bonchev–Trinajstić information content (AvgIpc) is 2.61. The zero-order chi connectivity index (χ0) is 11.1. The average molecular weight is 211 g/mol. The van der Waals surface area contributed by atoms with E-state index in [1.165, 1.54) is 0 Å². The van der Waals surface area contributed by atoms with Crippen LogP contribution >= 0.6 is 0 Å². The molecule has 0 aliphatic carbocycles. The summed E-state index contributed by atoms with van der Waals surface area (Å²) in [7, 11) is 1.91. The molecule has 0 aromatic carbocycles. The molecule has 0 saturated heterocycles. The van der Waals surface area contributed by atoms with Crippen LogP contribution < -0.4 is 5.73 Å². The predicted octanol–water partition coefficient (Wildman–Crippen LogP) is -0.103. The monoisotopic (exact) mass is 211 g/mol. The van der Waals surface area contributed by atoms with E-state index in [4.69, 9.17) is 10.5 Å². The summed E-state index contributed by atoms with van der Waals surface area (Å²) in [6.07, 6.45) is 4.72. The minimum absolute atomic E-state index is 0.0893. The summed E-state index contributed by atoms with van der Waals surface area (Å²) in [5.74, 6) is 1.01. The highest BCUT2D eigenvalue weighted by molar-refractivity contribution is 5.79. The van der Waals surface area contributed by atoms with Crippen molar-refractivity contribution in [3.8, 4) is 0 Å². The smallest absolute Gasteiger partial charge is 0.158 e. The van der Waals surface area contributed by atoms with Gasteiger partial charge in [-0.05, 0) is 0 Å². The number of nitrogens with two attached hydrogens (primary N) is 1. The van der Waals surface area contributed by atoms with Gasteiger partial charge in [-0.3, -0.25) is 4.79 Å². The molecule has 0 aliphatic heterocycles. The van der Waals surface area contributed by atoms with Gasteiger partial charge >= 0.3 is 0 Å². The van der Waals surface area contributed by atoms with Gasteiger partial charge in [0.25, 0.3) is 0 Å². The molecule has 0 saturated carbocycles. The lowest BCUT2D eigenvalue weighted by molar-refractivity contribution is -0.123. The van der Waals surface area contributed by atoms with Crippen molar-refractivity contribution in [2.75, 3.05) is 19.8 Å². The molecule has 15 heavy (non-hydrogen) atoms. The molecule has 1 rings (SSSR count). The van der Waals surface area contributed by atoms with Crippen molar-refractivity contribution in [2.24, 2.45) is 12.8 Å². The van der Waals surface area contributed by atoms with Gasteiger partial charge in [0.1, 0.15) is 12.4 Å². The fraction of sp³-hybridized carbons (Fsp3) is 0.600. The number of Topliss-reactive ketones (excluding diaryl/α,β-unsaturated/α-hetero) is 1. The quantitative estimate of drug-likeness (QED) is 0.639. The largest absolute Gasteiger partial charge is 0.372 e. The Bertz CT molecular complexity index is 309. The Morgan fingerprint density at radius 1 is 1.67 bits per heavy atom. The molecule has 0 radical (unpaired) electrons. The van der Waals surface area contributed by atoms with E-state index in [0.717, 1.165) is 5.82 Å². The number of carbonyl (C=O) groups excluding carboxylic acids is 1. The first-order valence-corrected chi connectivity index (χ1v) is 4.99. The summed E-state index contributed by atoms with van der Waals surface area (Å²) >= 11 is 0. The SMILES string of the molecule is Cn1ccnc1CCC(=O)COCCN. The molecule has 5 nitrogen and oxygen atoms in total. The lowest BCUT2D eigenvalue weighted by Gasteiger charge is -2.02. The van der Waals surface area contributed by atoms with Gasteiger partial charge in [0, 0.05) is 38.8 Å². The summed E-state index contributed by atoms with van der Waals surface area (Å²) in [6, 6.07) is 0. The first kappa shape index (κ1) is 11.9. The van der Waals surface area contributed by atoms with E-state index < -0.39 is 0 Å². The summed E-state index contributed by atoms with van der Waals surface area (Å²) in [4.78, 5) is 15.5. The van der Waals surface area contributed by atoms with E-state index in [0.29, 0.717) is 26.0 Å². The maximum absolute atomic E-state index is 11.3. The maximum Gasteiger partial charge on any atom is 0.158 e. The molecule has 1 aromatic heterocycles. The molecule has 0 spiro atoms. The van der Waals surface area contributed by atoms with Crippen molar-refractivity contribution in [3.63, 3.8) is 0 Å². The van der Waals surface area contributed by atoms with Crippen LogP contribution in [-0.4, -0.2) is 35.1 Å². The van der Waals surface area contributed by atoms with Crippen molar-refractivity contribution in [2.45, 2.75) is 12.8 Å². The summed E-state index contributed by atoms with van der Waals surface area (Å²) < 4.78 is 6.95. The molecule has 84 valence electrons. The van der Waals surface area contributed by atoms with Crippen molar-refractivity contribution >= 4 is 5.78 Å². The van der Waals surface area contributed by atoms with E-state index in [-0.39, 0.29) is 12.4 Å². The minimum Gasteiger partial charge on any atom is -0.372 e. The molecule has 0 fully saturated rings. The molecule has 0 atom stereocenters. The number of ether oxygens (including phenoxy) is 1. The molecule has 2 N–H and O–H groups in total. The minimum atomic E-state index is 0.0893. The van der Waals surface area contributed by atoms with Gasteiger partial charge in [0.05, 0.1) is 6.61 Å². The van der Waals surface area contributed by atoms with Crippen LogP contribution in [0.15, 0.2) is 12.4 Å². The van der Waals surface area contributed by atoms with Crippen molar-refractivity contribution in [1.82, 2.24) is 9.55 Å². The maximum atomic E-state index is 11.3. The van der Waals surface area contributed by atoms with Crippen molar-refractivity contribution in [3.05, 3.63) is 18.2 Å². The number of nitrogens with zero attached hydrogens (tertiary/aromatic N) is 2. The molecule has 1 heterocycles. The van der Waals surface area contributed by atoms with Gasteiger partial charge in [-0.25, -0.2) is 4.98 Å². The van der Waals surface area contributed by atoms with Crippen LogP contribution in [0.4, 0.5) is 0 Å².